The van der Waals surface area contributed by atoms with E-state index >= 15 is 0 Å². The van der Waals surface area contributed by atoms with Crippen LogP contribution < -0.4 is 15.5 Å². The smallest absolute Gasteiger partial charge is 0.293 e. The van der Waals surface area contributed by atoms with Gasteiger partial charge in [0.15, 0.2) is 5.11 Å². The summed E-state index contributed by atoms with van der Waals surface area (Å²) in [5.74, 6) is -0.541. The largest absolute Gasteiger partial charge is 0.366 e. The van der Waals surface area contributed by atoms with Crippen LogP contribution in [0.3, 0.4) is 0 Å². The van der Waals surface area contributed by atoms with Crippen LogP contribution in [0, 0.1) is 10.1 Å². The molecule has 3 aromatic carbocycles. The SMILES string of the molecule is O=C(NC(=S)Nc1ccc(-c2nc3ccccc3s2)c(Cl)c1)c1ccc(N2CCCC2)c([N+](=O)[O-])c1. The first kappa shape index (κ1) is 24.1. The number of nitro groups is 1. The van der Waals surface area contributed by atoms with E-state index in [1.165, 1.54) is 6.07 Å². The molecule has 0 unspecified atom stereocenters. The molecule has 11 heteroatoms. The van der Waals surface area contributed by atoms with Gasteiger partial charge in [0.1, 0.15) is 10.7 Å². The second-order valence-corrected chi connectivity index (χ2v) is 10.1. The molecule has 4 aromatic rings. The van der Waals surface area contributed by atoms with E-state index in [4.69, 9.17) is 23.8 Å². The van der Waals surface area contributed by atoms with E-state index in [1.54, 1.807) is 35.6 Å². The van der Waals surface area contributed by atoms with Crippen molar-refractivity contribution in [2.45, 2.75) is 12.8 Å². The average Bonchev–Trinajstić information content (AvgIpc) is 3.54. The Labute approximate surface area is 221 Å². The van der Waals surface area contributed by atoms with Gasteiger partial charge in [-0.05, 0) is 67.5 Å². The number of aromatic nitrogens is 1. The summed E-state index contributed by atoms with van der Waals surface area (Å²) in [5, 5.41) is 18.5. The Morgan fingerprint density at radius 2 is 1.89 bits per heavy atom. The lowest BCUT2D eigenvalue weighted by Gasteiger charge is -2.18. The first-order chi connectivity index (χ1) is 17.4. The van der Waals surface area contributed by atoms with E-state index in [2.05, 4.69) is 15.6 Å². The number of thiazole rings is 1. The zero-order chi connectivity index (χ0) is 25.2. The van der Waals surface area contributed by atoms with Crippen molar-refractivity contribution < 1.29 is 9.72 Å². The topological polar surface area (TPSA) is 100 Å². The molecule has 1 aromatic heterocycles. The number of carbonyl (C=O) groups excluding carboxylic acids is 1. The minimum Gasteiger partial charge on any atom is -0.366 e. The molecule has 2 heterocycles. The van der Waals surface area contributed by atoms with E-state index in [9.17, 15) is 14.9 Å². The van der Waals surface area contributed by atoms with Gasteiger partial charge in [-0.15, -0.1) is 11.3 Å². The normalized spacial score (nSPS) is 13.1. The van der Waals surface area contributed by atoms with Crippen molar-refractivity contribution in [2.24, 2.45) is 0 Å². The van der Waals surface area contributed by atoms with E-state index in [1.807, 2.05) is 35.2 Å². The lowest BCUT2D eigenvalue weighted by molar-refractivity contribution is -0.384. The Balaban J connectivity index is 1.27. The van der Waals surface area contributed by atoms with E-state index in [0.717, 1.165) is 46.7 Å². The van der Waals surface area contributed by atoms with Crippen molar-refractivity contribution in [3.63, 3.8) is 0 Å². The van der Waals surface area contributed by atoms with Crippen molar-refractivity contribution in [1.82, 2.24) is 10.3 Å². The van der Waals surface area contributed by atoms with Crippen LogP contribution in [0.1, 0.15) is 23.2 Å². The van der Waals surface area contributed by atoms with Gasteiger partial charge in [-0.25, -0.2) is 4.98 Å². The summed E-state index contributed by atoms with van der Waals surface area (Å²) in [7, 11) is 0. The quantitative estimate of drug-likeness (QED) is 0.176. The molecule has 36 heavy (non-hydrogen) atoms. The number of anilines is 2. The zero-order valence-electron chi connectivity index (χ0n) is 18.9. The van der Waals surface area contributed by atoms with Crippen LogP contribution in [0.25, 0.3) is 20.8 Å². The number of amides is 1. The summed E-state index contributed by atoms with van der Waals surface area (Å²) in [6.45, 7) is 1.53. The van der Waals surface area contributed by atoms with Gasteiger partial charge in [0, 0.05) is 36.0 Å². The predicted molar refractivity (Wildman–Crippen MR) is 148 cm³/mol. The molecule has 0 spiro atoms. The Morgan fingerprint density at radius 3 is 2.61 bits per heavy atom. The molecule has 1 fully saturated rings. The molecule has 1 saturated heterocycles. The van der Waals surface area contributed by atoms with Gasteiger partial charge in [-0.2, -0.15) is 0 Å². The fraction of sp³-hybridized carbons (Fsp3) is 0.160. The van der Waals surface area contributed by atoms with Crippen LogP contribution in [-0.4, -0.2) is 34.0 Å². The second kappa shape index (κ2) is 10.2. The third-order valence-electron chi connectivity index (χ3n) is 5.86. The highest BCUT2D eigenvalue weighted by Crippen LogP contribution is 2.36. The minimum atomic E-state index is -0.541. The molecule has 182 valence electrons. The Bertz CT molecular complexity index is 1470. The van der Waals surface area contributed by atoms with Crippen LogP contribution in [0.4, 0.5) is 17.1 Å². The summed E-state index contributed by atoms with van der Waals surface area (Å²) in [4.78, 5) is 30.5. The highest BCUT2D eigenvalue weighted by molar-refractivity contribution is 7.80. The lowest BCUT2D eigenvalue weighted by Crippen LogP contribution is -2.34. The maximum atomic E-state index is 12.7. The molecule has 0 radical (unpaired) electrons. The minimum absolute atomic E-state index is 0.0510. The number of fused-ring (bicyclic) bond motifs is 1. The van der Waals surface area contributed by atoms with Crippen LogP contribution in [-0.2, 0) is 0 Å². The van der Waals surface area contributed by atoms with Gasteiger partial charge >= 0.3 is 0 Å². The molecule has 1 aliphatic heterocycles. The summed E-state index contributed by atoms with van der Waals surface area (Å²) in [5.41, 5.74) is 2.87. The second-order valence-electron chi connectivity index (χ2n) is 8.24. The zero-order valence-corrected chi connectivity index (χ0v) is 21.3. The third-order valence-corrected chi connectivity index (χ3v) is 7.45. The number of nitro benzene ring substituents is 1. The van der Waals surface area contributed by atoms with Crippen LogP contribution >= 0.6 is 35.2 Å². The summed E-state index contributed by atoms with van der Waals surface area (Å²) >= 11 is 13.4. The summed E-state index contributed by atoms with van der Waals surface area (Å²) < 4.78 is 1.07. The van der Waals surface area contributed by atoms with Crippen molar-refractivity contribution in [2.75, 3.05) is 23.3 Å². The molecule has 8 nitrogen and oxygen atoms in total. The van der Waals surface area contributed by atoms with Crippen molar-refractivity contribution >= 4 is 73.5 Å². The molecule has 1 aliphatic rings. The fourth-order valence-corrected chi connectivity index (χ4v) is 5.67. The van der Waals surface area contributed by atoms with Crippen molar-refractivity contribution in [3.8, 4) is 10.6 Å². The van der Waals surface area contributed by atoms with Crippen molar-refractivity contribution in [3.05, 3.63) is 81.4 Å². The van der Waals surface area contributed by atoms with E-state index in [-0.39, 0.29) is 16.4 Å². The predicted octanol–water partition coefficient (Wildman–Crippen LogP) is 6.25. The highest BCUT2D eigenvalue weighted by Gasteiger charge is 2.24. The maximum absolute atomic E-state index is 12.7. The number of nitrogens with zero attached hydrogens (tertiary/aromatic N) is 3. The molecular formula is C25H20ClN5O3S2. The molecule has 1 amide bonds. The first-order valence-corrected chi connectivity index (χ1v) is 12.8. The Kier molecular flexibility index (Phi) is 6.82. The first-order valence-electron chi connectivity index (χ1n) is 11.2. The number of rotatable bonds is 5. The molecule has 0 aliphatic carbocycles. The molecule has 0 saturated carbocycles. The number of carbonyl (C=O) groups is 1. The van der Waals surface area contributed by atoms with Gasteiger partial charge in [0.2, 0.25) is 0 Å². The number of nitrogens with one attached hydrogen (secondary N) is 2. The van der Waals surface area contributed by atoms with Crippen LogP contribution in [0.5, 0.6) is 0 Å². The van der Waals surface area contributed by atoms with E-state index in [0.29, 0.717) is 16.4 Å². The van der Waals surface area contributed by atoms with Gasteiger partial charge in [-0.3, -0.25) is 20.2 Å². The number of para-hydroxylation sites is 1. The number of thiocarbonyl (C=S) groups is 1. The van der Waals surface area contributed by atoms with Crippen molar-refractivity contribution in [1.29, 1.82) is 0 Å². The van der Waals surface area contributed by atoms with E-state index < -0.39 is 10.8 Å². The number of hydrogen-bond acceptors (Lipinski definition) is 7. The summed E-state index contributed by atoms with van der Waals surface area (Å²) in [6, 6.07) is 17.7. The molecule has 2 N–H and O–H groups in total. The molecular weight excluding hydrogens is 518 g/mol. The number of benzene rings is 3. The summed E-state index contributed by atoms with van der Waals surface area (Å²) in [6.07, 6.45) is 1.98. The molecule has 0 bridgehead atoms. The molecule has 5 rings (SSSR count). The Morgan fingerprint density at radius 1 is 1.11 bits per heavy atom. The fourth-order valence-electron chi connectivity index (χ4n) is 4.13. The molecule has 0 atom stereocenters. The van der Waals surface area contributed by atoms with Gasteiger partial charge in [0.05, 0.1) is 20.2 Å². The van der Waals surface area contributed by atoms with Crippen LogP contribution in [0.2, 0.25) is 5.02 Å². The maximum Gasteiger partial charge on any atom is 0.293 e. The number of hydrogen-bond donors (Lipinski definition) is 2. The van der Waals surface area contributed by atoms with Gasteiger partial charge in [0.25, 0.3) is 11.6 Å². The van der Waals surface area contributed by atoms with Gasteiger partial charge < -0.3 is 10.2 Å². The number of halogens is 1. The van der Waals surface area contributed by atoms with Gasteiger partial charge in [-0.1, -0.05) is 23.7 Å². The van der Waals surface area contributed by atoms with Crippen LogP contribution in [0.15, 0.2) is 60.7 Å². The monoisotopic (exact) mass is 537 g/mol. The third kappa shape index (κ3) is 5.01. The Hall–Kier alpha value is -3.60. The standard InChI is InChI=1S/C25H20ClN5O3S2/c26-18-14-16(8-9-17(18)24-28-19-5-1-2-6-22(19)36-24)27-25(35)29-23(32)15-7-10-20(21(13-15)31(33)34)30-11-3-4-12-30/h1-2,5-10,13-14H,3-4,11-12H2,(H2,27,29,32,35). The highest BCUT2D eigenvalue weighted by atomic mass is 35.5. The average molecular weight is 538 g/mol. The lowest BCUT2D eigenvalue weighted by atomic mass is 10.1.